The first-order valence-corrected chi connectivity index (χ1v) is 4.84. The van der Waals surface area contributed by atoms with Gasteiger partial charge in [-0.25, -0.2) is 0 Å². The molecule has 0 amide bonds. The van der Waals surface area contributed by atoms with E-state index in [1.165, 1.54) is 6.42 Å². The molecule has 2 bridgehead atoms. The van der Waals surface area contributed by atoms with Crippen molar-refractivity contribution in [1.29, 1.82) is 0 Å². The van der Waals surface area contributed by atoms with Crippen LogP contribution in [0.3, 0.4) is 0 Å². The van der Waals surface area contributed by atoms with E-state index in [1.54, 1.807) is 0 Å². The molecular weight excluding hydrogens is 152 g/mol. The molecule has 0 unspecified atom stereocenters. The van der Waals surface area contributed by atoms with Crippen molar-refractivity contribution in [1.82, 2.24) is 0 Å². The molecule has 0 aromatic heterocycles. The van der Waals surface area contributed by atoms with Gasteiger partial charge in [-0.1, -0.05) is 13.8 Å². The van der Waals surface area contributed by atoms with Crippen molar-refractivity contribution >= 4 is 0 Å². The number of rotatable bonds is 1. The van der Waals surface area contributed by atoms with Gasteiger partial charge in [0.15, 0.2) is 0 Å². The minimum absolute atomic E-state index is 0.0579. The van der Waals surface area contributed by atoms with Crippen molar-refractivity contribution < 1.29 is 10.2 Å². The monoisotopic (exact) mass is 170 g/mol. The fraction of sp³-hybridized carbons (Fsp3) is 1.00. The molecular formula is C10H18O2. The lowest BCUT2D eigenvalue weighted by atomic mass is 9.78. The Bertz CT molecular complexity index is 200. The van der Waals surface area contributed by atoms with Gasteiger partial charge in [0.1, 0.15) is 0 Å². The molecule has 0 heterocycles. The summed E-state index contributed by atoms with van der Waals surface area (Å²) < 4.78 is 0. The third-order valence-electron chi connectivity index (χ3n) is 4.28. The first-order valence-electron chi connectivity index (χ1n) is 4.84. The molecule has 0 aromatic rings. The van der Waals surface area contributed by atoms with Gasteiger partial charge < -0.3 is 10.2 Å². The quantitative estimate of drug-likeness (QED) is 0.620. The first kappa shape index (κ1) is 8.52. The molecule has 2 aliphatic rings. The van der Waals surface area contributed by atoms with E-state index in [9.17, 15) is 5.11 Å². The summed E-state index contributed by atoms with van der Waals surface area (Å²) >= 11 is 0. The third kappa shape index (κ3) is 0.826. The van der Waals surface area contributed by atoms with Crippen LogP contribution in [0.15, 0.2) is 0 Å². The number of fused-ring (bicyclic) bond motifs is 2. The Labute approximate surface area is 73.6 Å². The van der Waals surface area contributed by atoms with Crippen molar-refractivity contribution in [3.63, 3.8) is 0 Å². The van der Waals surface area contributed by atoms with Gasteiger partial charge in [0.2, 0.25) is 0 Å². The largest absolute Gasteiger partial charge is 0.393 e. The lowest BCUT2D eigenvalue weighted by Gasteiger charge is -2.32. The zero-order valence-corrected chi connectivity index (χ0v) is 7.88. The van der Waals surface area contributed by atoms with Gasteiger partial charge in [0.25, 0.3) is 0 Å². The van der Waals surface area contributed by atoms with E-state index in [4.69, 9.17) is 5.11 Å². The number of hydrogen-bond donors (Lipinski definition) is 2. The van der Waals surface area contributed by atoms with E-state index in [2.05, 4.69) is 13.8 Å². The fourth-order valence-electron chi connectivity index (χ4n) is 3.47. The molecule has 2 fully saturated rings. The molecule has 2 rings (SSSR count). The molecule has 2 saturated carbocycles. The summed E-state index contributed by atoms with van der Waals surface area (Å²) in [5.41, 5.74) is -0.510. The highest BCUT2D eigenvalue weighted by Gasteiger charge is 2.60. The maximum Gasteiger partial charge on any atom is 0.0913 e. The third-order valence-corrected chi connectivity index (χ3v) is 4.28. The van der Waals surface area contributed by atoms with Crippen LogP contribution in [0, 0.1) is 17.3 Å². The Morgan fingerprint density at radius 2 is 2.00 bits per heavy atom. The standard InChI is InChI=1S/C10H18O2/c1-9(2)7-3-4-8(9)10(12,5-7)6-11/h7-8,11-12H,3-6H2,1-2H3/t7-,8+,10+/m1/s1. The molecule has 0 radical (unpaired) electrons. The molecule has 12 heavy (non-hydrogen) atoms. The lowest BCUT2D eigenvalue weighted by molar-refractivity contribution is -0.0661. The lowest BCUT2D eigenvalue weighted by Crippen LogP contribution is -2.40. The smallest absolute Gasteiger partial charge is 0.0913 e. The zero-order chi connectivity index (χ0) is 8.98. The van der Waals surface area contributed by atoms with E-state index in [0.29, 0.717) is 11.8 Å². The molecule has 2 aliphatic carbocycles. The van der Waals surface area contributed by atoms with E-state index in [1.807, 2.05) is 0 Å². The van der Waals surface area contributed by atoms with Crippen LogP contribution in [0.4, 0.5) is 0 Å². The van der Waals surface area contributed by atoms with Crippen LogP contribution in [-0.4, -0.2) is 22.4 Å². The van der Waals surface area contributed by atoms with Crippen LogP contribution in [0.5, 0.6) is 0 Å². The Kier molecular flexibility index (Phi) is 1.59. The van der Waals surface area contributed by atoms with Crippen LogP contribution in [-0.2, 0) is 0 Å². The summed E-state index contributed by atoms with van der Waals surface area (Å²) in [7, 11) is 0. The minimum atomic E-state index is -0.758. The van der Waals surface area contributed by atoms with E-state index in [-0.39, 0.29) is 12.0 Å². The summed E-state index contributed by atoms with van der Waals surface area (Å²) in [5, 5.41) is 19.2. The average molecular weight is 170 g/mol. The number of aliphatic hydroxyl groups excluding tert-OH is 1. The second-order valence-corrected chi connectivity index (χ2v) is 5.11. The molecule has 2 nitrogen and oxygen atoms in total. The number of hydrogen-bond acceptors (Lipinski definition) is 2. The Morgan fingerprint density at radius 3 is 2.25 bits per heavy atom. The van der Waals surface area contributed by atoms with Gasteiger partial charge in [-0.2, -0.15) is 0 Å². The normalized spacial score (nSPS) is 50.0. The zero-order valence-electron chi connectivity index (χ0n) is 7.88. The summed E-state index contributed by atoms with van der Waals surface area (Å²) in [6.07, 6.45) is 3.13. The summed E-state index contributed by atoms with van der Waals surface area (Å²) in [4.78, 5) is 0. The Hall–Kier alpha value is -0.0800. The van der Waals surface area contributed by atoms with Gasteiger partial charge in [0, 0.05) is 0 Å². The summed E-state index contributed by atoms with van der Waals surface area (Å²) in [6.45, 7) is 4.39. The maximum atomic E-state index is 10.1. The van der Waals surface area contributed by atoms with Gasteiger partial charge >= 0.3 is 0 Å². The maximum absolute atomic E-state index is 10.1. The minimum Gasteiger partial charge on any atom is -0.393 e. The van der Waals surface area contributed by atoms with Crippen molar-refractivity contribution in [3.8, 4) is 0 Å². The average Bonchev–Trinajstić information content (AvgIpc) is 2.38. The molecule has 3 atom stereocenters. The fourth-order valence-corrected chi connectivity index (χ4v) is 3.47. The van der Waals surface area contributed by atoms with Crippen molar-refractivity contribution in [2.45, 2.75) is 38.7 Å². The highest BCUT2D eigenvalue weighted by atomic mass is 16.3. The molecule has 2 heteroatoms. The second kappa shape index (κ2) is 2.24. The van der Waals surface area contributed by atoms with Crippen LogP contribution in [0.1, 0.15) is 33.1 Å². The van der Waals surface area contributed by atoms with E-state index >= 15 is 0 Å². The predicted molar refractivity (Wildman–Crippen MR) is 46.6 cm³/mol. The van der Waals surface area contributed by atoms with Crippen molar-refractivity contribution in [2.24, 2.45) is 17.3 Å². The van der Waals surface area contributed by atoms with Gasteiger partial charge in [-0.05, 0) is 36.5 Å². The molecule has 70 valence electrons. The number of aliphatic hydroxyl groups is 2. The van der Waals surface area contributed by atoms with E-state index < -0.39 is 5.60 Å². The Morgan fingerprint density at radius 1 is 1.33 bits per heavy atom. The van der Waals surface area contributed by atoms with Gasteiger partial charge in [-0.15, -0.1) is 0 Å². The van der Waals surface area contributed by atoms with Crippen molar-refractivity contribution in [2.75, 3.05) is 6.61 Å². The molecule has 0 aliphatic heterocycles. The predicted octanol–water partition coefficient (Wildman–Crippen LogP) is 1.17. The summed E-state index contributed by atoms with van der Waals surface area (Å²) in [5.74, 6) is 0.944. The van der Waals surface area contributed by atoms with Crippen molar-refractivity contribution in [3.05, 3.63) is 0 Å². The molecule has 0 spiro atoms. The van der Waals surface area contributed by atoms with Crippen LogP contribution < -0.4 is 0 Å². The summed E-state index contributed by atoms with van der Waals surface area (Å²) in [6, 6.07) is 0. The highest BCUT2D eigenvalue weighted by molar-refractivity contribution is 5.10. The second-order valence-electron chi connectivity index (χ2n) is 5.11. The molecule has 0 aromatic carbocycles. The molecule has 2 N–H and O–H groups in total. The van der Waals surface area contributed by atoms with E-state index in [0.717, 1.165) is 12.8 Å². The highest BCUT2D eigenvalue weighted by Crippen LogP contribution is 2.61. The van der Waals surface area contributed by atoms with Gasteiger partial charge in [-0.3, -0.25) is 0 Å². The topological polar surface area (TPSA) is 40.5 Å². The SMILES string of the molecule is CC1(C)[C@@H]2CC[C@@H]1[C@@](O)(CO)C2. The first-order chi connectivity index (χ1) is 5.50. The van der Waals surface area contributed by atoms with Crippen LogP contribution >= 0.6 is 0 Å². The van der Waals surface area contributed by atoms with Crippen LogP contribution in [0.25, 0.3) is 0 Å². The molecule has 0 saturated heterocycles. The van der Waals surface area contributed by atoms with Gasteiger partial charge in [0.05, 0.1) is 12.2 Å². The van der Waals surface area contributed by atoms with Crippen LogP contribution in [0.2, 0.25) is 0 Å². The Balaban J connectivity index is 2.29.